The van der Waals surface area contributed by atoms with E-state index in [4.69, 9.17) is 28.8 Å². The molecule has 7 aromatic carbocycles. The molecule has 6 aromatic heterocycles. The number of rotatable bonds is 6. The molecule has 0 aliphatic heterocycles. The SMILES string of the molecule is c1ccc(-c2cc(-c3cc(-c4ccc5oc6nc7ccccc7cc6c5c4)cc(-c4ccc5oc6nc7ccccc7cc6c5c4)c3)nc(-c3ccc(-c4cccnc4)cc3)n2)cc1. The van der Waals surface area contributed by atoms with Crippen LogP contribution in [-0.2, 0) is 0 Å². The maximum atomic E-state index is 6.33. The molecular weight excluding hydrogens is 787 g/mol. The summed E-state index contributed by atoms with van der Waals surface area (Å²) >= 11 is 0. The van der Waals surface area contributed by atoms with E-state index < -0.39 is 0 Å². The Kier molecular flexibility index (Phi) is 8.08. The van der Waals surface area contributed by atoms with Crippen LogP contribution in [0.15, 0.2) is 209 Å². The van der Waals surface area contributed by atoms with Gasteiger partial charge in [-0.1, -0.05) is 109 Å². The van der Waals surface area contributed by atoms with Crippen LogP contribution in [0.1, 0.15) is 0 Å². The minimum atomic E-state index is 0.624. The molecule has 13 aromatic rings. The van der Waals surface area contributed by atoms with Crippen LogP contribution in [0.4, 0.5) is 0 Å². The smallest absolute Gasteiger partial charge is 0.227 e. The zero-order valence-electron chi connectivity index (χ0n) is 34.1. The molecule has 0 unspecified atom stereocenters. The Bertz CT molecular complexity index is 3780. The Morgan fingerprint density at radius 2 is 0.828 bits per heavy atom. The third-order valence-electron chi connectivity index (χ3n) is 12.2. The lowest BCUT2D eigenvalue weighted by atomic mass is 9.93. The fourth-order valence-corrected chi connectivity index (χ4v) is 8.90. The van der Waals surface area contributed by atoms with Gasteiger partial charge in [-0.3, -0.25) is 4.98 Å². The van der Waals surface area contributed by atoms with E-state index in [1.165, 1.54) is 0 Å². The molecule has 6 heterocycles. The van der Waals surface area contributed by atoms with Crippen molar-refractivity contribution in [2.45, 2.75) is 0 Å². The molecule has 0 radical (unpaired) electrons. The highest BCUT2D eigenvalue weighted by Gasteiger charge is 2.18. The number of benzene rings is 7. The molecule has 0 saturated carbocycles. The average molecular weight is 820 g/mol. The topological polar surface area (TPSA) is 90.7 Å². The Morgan fingerprint density at radius 3 is 1.42 bits per heavy atom. The van der Waals surface area contributed by atoms with Crippen molar-refractivity contribution in [3.05, 3.63) is 200 Å². The standard InChI is InChI=1S/C57H33N5O2/c1-2-9-35(10-3-1)51-32-52(60-55(59-51)36-18-16-34(17-19-36)41-13-8-24-58-33-41)44-26-42(37-20-22-53-45(28-37)47-30-39-11-4-6-14-49(39)61-56(47)63-53)25-43(27-44)38-21-23-54-46(29-38)48-31-40-12-5-7-15-50(40)62-57(48)64-54/h1-33H. The van der Waals surface area contributed by atoms with Crippen LogP contribution in [0.5, 0.6) is 0 Å². The zero-order chi connectivity index (χ0) is 42.1. The number of hydrogen-bond acceptors (Lipinski definition) is 7. The molecule has 0 atom stereocenters. The van der Waals surface area contributed by atoms with Crippen molar-refractivity contribution in [3.8, 4) is 67.3 Å². The second kappa shape index (κ2) is 14.4. The van der Waals surface area contributed by atoms with Crippen molar-refractivity contribution >= 4 is 65.9 Å². The van der Waals surface area contributed by atoms with Crippen molar-refractivity contribution in [2.75, 3.05) is 0 Å². The molecular formula is C57H33N5O2. The normalized spacial score (nSPS) is 11.8. The number of fused-ring (bicyclic) bond motifs is 8. The summed E-state index contributed by atoms with van der Waals surface area (Å²) in [4.78, 5) is 24.6. The van der Waals surface area contributed by atoms with Gasteiger partial charge >= 0.3 is 0 Å². The number of hydrogen-bond donors (Lipinski definition) is 0. The summed E-state index contributed by atoms with van der Waals surface area (Å²) in [5.74, 6) is 0.637. The highest BCUT2D eigenvalue weighted by Crippen LogP contribution is 2.40. The lowest BCUT2D eigenvalue weighted by molar-refractivity contribution is 0.655. The lowest BCUT2D eigenvalue weighted by Gasteiger charge is -2.14. The molecule has 0 aliphatic rings. The van der Waals surface area contributed by atoms with Crippen LogP contribution >= 0.6 is 0 Å². The van der Waals surface area contributed by atoms with Crippen LogP contribution in [0.2, 0.25) is 0 Å². The minimum Gasteiger partial charge on any atom is -0.438 e. The van der Waals surface area contributed by atoms with Crippen molar-refractivity contribution in [3.63, 3.8) is 0 Å². The Labute approximate surface area is 366 Å². The van der Waals surface area contributed by atoms with Gasteiger partial charge in [0.2, 0.25) is 11.4 Å². The van der Waals surface area contributed by atoms with Gasteiger partial charge in [0.25, 0.3) is 0 Å². The molecule has 64 heavy (non-hydrogen) atoms. The van der Waals surface area contributed by atoms with E-state index in [1.807, 2.05) is 66.9 Å². The summed E-state index contributed by atoms with van der Waals surface area (Å²) in [6.45, 7) is 0. The highest BCUT2D eigenvalue weighted by atomic mass is 16.3. The van der Waals surface area contributed by atoms with E-state index in [0.29, 0.717) is 17.3 Å². The second-order valence-corrected chi connectivity index (χ2v) is 16.1. The maximum absolute atomic E-state index is 6.33. The van der Waals surface area contributed by atoms with Crippen molar-refractivity contribution in [1.82, 2.24) is 24.9 Å². The van der Waals surface area contributed by atoms with E-state index >= 15 is 0 Å². The Hall–Kier alpha value is -8.81. The molecule has 298 valence electrons. The molecule has 0 saturated heterocycles. The van der Waals surface area contributed by atoms with Crippen LogP contribution < -0.4 is 0 Å². The summed E-state index contributed by atoms with van der Waals surface area (Å²) < 4.78 is 12.7. The summed E-state index contributed by atoms with van der Waals surface area (Å²) in [5.41, 5.74) is 15.4. The van der Waals surface area contributed by atoms with Crippen molar-refractivity contribution in [1.29, 1.82) is 0 Å². The van der Waals surface area contributed by atoms with Gasteiger partial charge in [-0.15, -0.1) is 0 Å². The quantitative estimate of drug-likeness (QED) is 0.165. The van der Waals surface area contributed by atoms with Crippen molar-refractivity contribution < 1.29 is 8.83 Å². The maximum Gasteiger partial charge on any atom is 0.227 e. The number of furan rings is 2. The summed E-state index contributed by atoms with van der Waals surface area (Å²) in [5, 5.41) is 6.11. The monoisotopic (exact) mass is 819 g/mol. The van der Waals surface area contributed by atoms with E-state index in [-0.39, 0.29) is 0 Å². The van der Waals surface area contributed by atoms with Gasteiger partial charge < -0.3 is 8.83 Å². The fraction of sp³-hybridized carbons (Fsp3) is 0. The minimum absolute atomic E-state index is 0.624. The highest BCUT2D eigenvalue weighted by molar-refractivity contribution is 6.10. The molecule has 0 spiro atoms. The second-order valence-electron chi connectivity index (χ2n) is 16.1. The lowest BCUT2D eigenvalue weighted by Crippen LogP contribution is -1.96. The van der Waals surface area contributed by atoms with E-state index in [1.54, 1.807) is 6.20 Å². The van der Waals surface area contributed by atoms with Gasteiger partial charge in [0.05, 0.1) is 22.4 Å². The number of nitrogens with zero attached hydrogens (tertiary/aromatic N) is 5. The number of aromatic nitrogens is 5. The Morgan fingerprint density at radius 1 is 0.312 bits per heavy atom. The van der Waals surface area contributed by atoms with Gasteiger partial charge in [-0.25, -0.2) is 19.9 Å². The first kappa shape index (κ1) is 35.9. The van der Waals surface area contributed by atoms with Gasteiger partial charge in [0.15, 0.2) is 5.82 Å². The third-order valence-corrected chi connectivity index (χ3v) is 12.2. The first-order valence-corrected chi connectivity index (χ1v) is 21.2. The predicted octanol–water partition coefficient (Wildman–Crippen LogP) is 14.8. The summed E-state index contributed by atoms with van der Waals surface area (Å²) in [7, 11) is 0. The van der Waals surface area contributed by atoms with Gasteiger partial charge in [-0.2, -0.15) is 0 Å². The molecule has 0 amide bonds. The predicted molar refractivity (Wildman–Crippen MR) is 258 cm³/mol. The fourth-order valence-electron chi connectivity index (χ4n) is 8.90. The Balaban J connectivity index is 1.01. The van der Waals surface area contributed by atoms with E-state index in [9.17, 15) is 0 Å². The zero-order valence-corrected chi connectivity index (χ0v) is 34.1. The van der Waals surface area contributed by atoms with Gasteiger partial charge in [0, 0.05) is 61.4 Å². The first-order chi connectivity index (χ1) is 31.6. The van der Waals surface area contributed by atoms with Crippen molar-refractivity contribution in [2.24, 2.45) is 0 Å². The molecule has 0 aliphatic carbocycles. The van der Waals surface area contributed by atoms with E-state index in [0.717, 1.165) is 116 Å². The first-order valence-electron chi connectivity index (χ1n) is 21.2. The molecule has 0 N–H and O–H groups in total. The van der Waals surface area contributed by atoms with Gasteiger partial charge in [0.1, 0.15) is 11.2 Å². The van der Waals surface area contributed by atoms with Crippen LogP contribution in [0.25, 0.3) is 133 Å². The molecule has 13 rings (SSSR count). The van der Waals surface area contributed by atoms with Crippen LogP contribution in [0.3, 0.4) is 0 Å². The van der Waals surface area contributed by atoms with Crippen LogP contribution in [-0.4, -0.2) is 24.9 Å². The van der Waals surface area contributed by atoms with Crippen LogP contribution in [0, 0.1) is 0 Å². The third kappa shape index (κ3) is 6.17. The largest absolute Gasteiger partial charge is 0.438 e. The molecule has 7 nitrogen and oxygen atoms in total. The average Bonchev–Trinajstić information content (AvgIpc) is 3.91. The number of pyridine rings is 3. The van der Waals surface area contributed by atoms with Gasteiger partial charge in [-0.05, 0) is 112 Å². The number of para-hydroxylation sites is 2. The molecule has 0 fully saturated rings. The summed E-state index contributed by atoms with van der Waals surface area (Å²) in [6, 6.07) is 64.9. The molecule has 7 heteroatoms. The summed E-state index contributed by atoms with van der Waals surface area (Å²) in [6.07, 6.45) is 3.66. The molecule has 0 bridgehead atoms. The van der Waals surface area contributed by atoms with E-state index in [2.05, 4.69) is 132 Å².